The number of nitrogens with zero attached hydrogens (tertiary/aromatic N) is 4. The van der Waals surface area contributed by atoms with Crippen LogP contribution in [0.1, 0.15) is 5.89 Å². The molecular formula is C21H25N5O3S. The number of carbonyl (C=O) groups is 1. The monoisotopic (exact) mass is 427 g/mol. The molecule has 30 heavy (non-hydrogen) atoms. The van der Waals surface area contributed by atoms with E-state index in [1.807, 2.05) is 47.8 Å². The highest BCUT2D eigenvalue weighted by molar-refractivity contribution is 7.13. The molecule has 0 saturated carbocycles. The van der Waals surface area contributed by atoms with E-state index >= 15 is 0 Å². The molecule has 0 aliphatic carbocycles. The van der Waals surface area contributed by atoms with Crippen molar-refractivity contribution in [2.75, 3.05) is 45.9 Å². The number of thiophene rings is 1. The first-order valence-corrected chi connectivity index (χ1v) is 10.9. The average molecular weight is 428 g/mol. The highest BCUT2D eigenvalue weighted by atomic mass is 32.1. The first kappa shape index (κ1) is 20.5. The fraction of sp³-hybridized carbons (Fsp3) is 0.381. The number of amides is 1. The summed E-state index contributed by atoms with van der Waals surface area (Å²) in [5.74, 6) is 2.11. The van der Waals surface area contributed by atoms with Crippen LogP contribution in [0.3, 0.4) is 0 Å². The Labute approximate surface area is 179 Å². The Morgan fingerprint density at radius 2 is 1.90 bits per heavy atom. The minimum Gasteiger partial charge on any atom is -0.492 e. The van der Waals surface area contributed by atoms with Crippen LogP contribution in [-0.2, 0) is 11.3 Å². The number of ether oxygens (including phenoxy) is 1. The third kappa shape index (κ3) is 5.88. The second-order valence-electron chi connectivity index (χ2n) is 7.05. The highest BCUT2D eigenvalue weighted by Gasteiger charge is 2.21. The van der Waals surface area contributed by atoms with E-state index in [9.17, 15) is 4.79 Å². The number of para-hydroxylation sites is 1. The molecule has 0 radical (unpaired) electrons. The van der Waals surface area contributed by atoms with Crippen molar-refractivity contribution in [3.05, 3.63) is 53.7 Å². The summed E-state index contributed by atoms with van der Waals surface area (Å²) in [4.78, 5) is 22.1. The smallest absolute Gasteiger partial charge is 0.241 e. The molecule has 1 aliphatic rings. The fourth-order valence-electron chi connectivity index (χ4n) is 3.26. The van der Waals surface area contributed by atoms with Crippen LogP contribution in [0.5, 0.6) is 5.75 Å². The molecule has 2 aromatic heterocycles. The lowest BCUT2D eigenvalue weighted by molar-refractivity contribution is -0.122. The lowest BCUT2D eigenvalue weighted by Crippen LogP contribution is -2.49. The van der Waals surface area contributed by atoms with Crippen LogP contribution in [-0.4, -0.2) is 71.7 Å². The standard InChI is InChI=1S/C21H25N5O3S/c27-19(22-8-13-28-17-5-2-1-3-6-17)15-25-9-11-26(12-10-25)16-20-23-21(24-29-20)18-7-4-14-30-18/h1-7,14H,8-13,15-16H2,(H,22,27). The van der Waals surface area contributed by atoms with E-state index in [1.165, 1.54) is 0 Å². The zero-order valence-electron chi connectivity index (χ0n) is 16.7. The maximum atomic E-state index is 12.2. The van der Waals surface area contributed by atoms with Gasteiger partial charge in [0, 0.05) is 26.2 Å². The largest absolute Gasteiger partial charge is 0.492 e. The predicted molar refractivity (Wildman–Crippen MR) is 114 cm³/mol. The first-order valence-electron chi connectivity index (χ1n) is 10.0. The van der Waals surface area contributed by atoms with Gasteiger partial charge in [0.2, 0.25) is 17.6 Å². The van der Waals surface area contributed by atoms with Crippen molar-refractivity contribution >= 4 is 17.2 Å². The van der Waals surface area contributed by atoms with Gasteiger partial charge in [-0.1, -0.05) is 29.4 Å². The minimum absolute atomic E-state index is 0.0256. The first-order chi connectivity index (χ1) is 14.8. The van der Waals surface area contributed by atoms with Gasteiger partial charge in [-0.15, -0.1) is 11.3 Å². The number of nitrogens with one attached hydrogen (secondary N) is 1. The summed E-state index contributed by atoms with van der Waals surface area (Å²) in [6.07, 6.45) is 0. The molecule has 3 heterocycles. The molecule has 0 bridgehead atoms. The van der Waals surface area contributed by atoms with Crippen molar-refractivity contribution in [2.45, 2.75) is 6.54 Å². The normalized spacial score (nSPS) is 15.2. The molecule has 1 N–H and O–H groups in total. The minimum atomic E-state index is 0.0256. The van der Waals surface area contributed by atoms with Crippen LogP contribution < -0.4 is 10.1 Å². The van der Waals surface area contributed by atoms with Gasteiger partial charge in [0.1, 0.15) is 12.4 Å². The Bertz CT molecular complexity index is 908. The molecule has 8 nitrogen and oxygen atoms in total. The summed E-state index contributed by atoms with van der Waals surface area (Å²) in [5, 5.41) is 8.97. The number of aromatic nitrogens is 2. The summed E-state index contributed by atoms with van der Waals surface area (Å²) in [7, 11) is 0. The van der Waals surface area contributed by atoms with Gasteiger partial charge in [-0.3, -0.25) is 14.6 Å². The van der Waals surface area contributed by atoms with Crippen LogP contribution in [0.4, 0.5) is 0 Å². The average Bonchev–Trinajstić information content (AvgIpc) is 3.45. The van der Waals surface area contributed by atoms with Gasteiger partial charge in [-0.25, -0.2) is 0 Å². The number of piperazine rings is 1. The van der Waals surface area contributed by atoms with E-state index < -0.39 is 0 Å². The number of carbonyl (C=O) groups excluding carboxylic acids is 1. The molecule has 9 heteroatoms. The van der Waals surface area contributed by atoms with Gasteiger partial charge in [0.25, 0.3) is 0 Å². The molecule has 0 unspecified atom stereocenters. The van der Waals surface area contributed by atoms with E-state index in [0.717, 1.165) is 36.8 Å². The van der Waals surface area contributed by atoms with Crippen LogP contribution in [0.15, 0.2) is 52.4 Å². The van der Waals surface area contributed by atoms with Gasteiger partial charge in [0.05, 0.1) is 24.5 Å². The van der Waals surface area contributed by atoms with Crippen molar-refractivity contribution in [3.8, 4) is 16.5 Å². The van der Waals surface area contributed by atoms with Gasteiger partial charge in [0.15, 0.2) is 0 Å². The van der Waals surface area contributed by atoms with E-state index in [-0.39, 0.29) is 5.91 Å². The van der Waals surface area contributed by atoms with Gasteiger partial charge < -0.3 is 14.6 Å². The molecule has 1 aliphatic heterocycles. The zero-order valence-corrected chi connectivity index (χ0v) is 17.5. The molecule has 1 fully saturated rings. The lowest BCUT2D eigenvalue weighted by Gasteiger charge is -2.33. The lowest BCUT2D eigenvalue weighted by atomic mass is 10.3. The number of hydrogen-bond acceptors (Lipinski definition) is 8. The Hall–Kier alpha value is -2.75. The van der Waals surface area contributed by atoms with Crippen molar-refractivity contribution < 1.29 is 14.1 Å². The quantitative estimate of drug-likeness (QED) is 0.524. The van der Waals surface area contributed by atoms with Crippen LogP contribution in [0, 0.1) is 0 Å². The van der Waals surface area contributed by atoms with E-state index in [0.29, 0.717) is 38.0 Å². The third-order valence-electron chi connectivity index (χ3n) is 4.84. The Balaban J connectivity index is 1.12. The summed E-state index contributed by atoms with van der Waals surface area (Å²) < 4.78 is 11.0. The highest BCUT2D eigenvalue weighted by Crippen LogP contribution is 2.21. The molecule has 3 aromatic rings. The summed E-state index contributed by atoms with van der Waals surface area (Å²) in [6.45, 7) is 5.39. The predicted octanol–water partition coefficient (Wildman–Crippen LogP) is 2.11. The summed E-state index contributed by atoms with van der Waals surface area (Å²) >= 11 is 1.60. The van der Waals surface area contributed by atoms with Crippen molar-refractivity contribution in [1.29, 1.82) is 0 Å². The van der Waals surface area contributed by atoms with E-state index in [2.05, 4.69) is 25.3 Å². The maximum absolute atomic E-state index is 12.2. The van der Waals surface area contributed by atoms with Crippen LogP contribution in [0.25, 0.3) is 10.7 Å². The molecule has 158 valence electrons. The van der Waals surface area contributed by atoms with E-state index in [1.54, 1.807) is 11.3 Å². The third-order valence-corrected chi connectivity index (χ3v) is 5.70. The van der Waals surface area contributed by atoms with Crippen molar-refractivity contribution in [3.63, 3.8) is 0 Å². The molecule has 0 spiro atoms. The number of hydrogen-bond donors (Lipinski definition) is 1. The summed E-state index contributed by atoms with van der Waals surface area (Å²) in [5.41, 5.74) is 0. The maximum Gasteiger partial charge on any atom is 0.241 e. The van der Waals surface area contributed by atoms with Crippen LogP contribution >= 0.6 is 11.3 Å². The van der Waals surface area contributed by atoms with Crippen molar-refractivity contribution in [1.82, 2.24) is 25.3 Å². The summed E-state index contributed by atoms with van der Waals surface area (Å²) in [6, 6.07) is 13.6. The van der Waals surface area contributed by atoms with Gasteiger partial charge in [-0.05, 0) is 23.6 Å². The molecule has 1 aromatic carbocycles. The van der Waals surface area contributed by atoms with Crippen molar-refractivity contribution in [2.24, 2.45) is 0 Å². The fourth-order valence-corrected chi connectivity index (χ4v) is 3.91. The number of rotatable bonds is 9. The molecular weight excluding hydrogens is 402 g/mol. The van der Waals surface area contributed by atoms with Gasteiger partial charge >= 0.3 is 0 Å². The number of benzene rings is 1. The van der Waals surface area contributed by atoms with Crippen LogP contribution in [0.2, 0.25) is 0 Å². The second-order valence-corrected chi connectivity index (χ2v) is 8.00. The Kier molecular flexibility index (Phi) is 7.07. The van der Waals surface area contributed by atoms with E-state index in [4.69, 9.17) is 9.26 Å². The molecule has 4 rings (SSSR count). The molecule has 1 saturated heterocycles. The molecule has 1 amide bonds. The zero-order chi connectivity index (χ0) is 20.6. The molecule has 0 atom stereocenters. The topological polar surface area (TPSA) is 83.7 Å². The Morgan fingerprint density at radius 1 is 1.10 bits per heavy atom. The SMILES string of the molecule is O=C(CN1CCN(Cc2nc(-c3cccs3)no2)CC1)NCCOc1ccccc1. The second kappa shape index (κ2) is 10.3. The Morgan fingerprint density at radius 3 is 2.67 bits per heavy atom. The van der Waals surface area contributed by atoms with Gasteiger partial charge in [-0.2, -0.15) is 4.98 Å².